The molecule has 2 unspecified atom stereocenters. The summed E-state index contributed by atoms with van der Waals surface area (Å²) in [5, 5.41) is 10.1. The largest absolute Gasteiger partial charge is 0.476 e. The van der Waals surface area contributed by atoms with Crippen LogP contribution < -0.4 is 4.74 Å². The first-order chi connectivity index (χ1) is 13.5. The fourth-order valence-corrected chi connectivity index (χ4v) is 5.61. The second kappa shape index (κ2) is 9.30. The standard InChI is InChI=1S/C24H31NO2S.ClH/c1-4-17-5-7-18(8-6-17)9-11-20-12-13-21(25(20)16-26)19-10-14-22-23(15-19)28-24(2,3)27-22;/h5-8,10,14-15,20-21,26H,4,9,11-13,16H2,1-3H3;1H. The number of halogens is 1. The maximum absolute atomic E-state index is 10.1. The van der Waals surface area contributed by atoms with E-state index in [4.69, 9.17) is 4.74 Å². The van der Waals surface area contributed by atoms with E-state index < -0.39 is 0 Å². The zero-order valence-electron chi connectivity index (χ0n) is 17.6. The van der Waals surface area contributed by atoms with Crippen LogP contribution in [-0.2, 0) is 12.8 Å². The minimum Gasteiger partial charge on any atom is -0.476 e. The van der Waals surface area contributed by atoms with E-state index >= 15 is 0 Å². The van der Waals surface area contributed by atoms with Gasteiger partial charge in [-0.05, 0) is 74.8 Å². The van der Waals surface area contributed by atoms with Crippen molar-refractivity contribution in [2.75, 3.05) is 6.73 Å². The summed E-state index contributed by atoms with van der Waals surface area (Å²) in [6.45, 7) is 6.53. The number of ether oxygens (including phenoxy) is 1. The van der Waals surface area contributed by atoms with Gasteiger partial charge in [-0.1, -0.05) is 49.0 Å². The van der Waals surface area contributed by atoms with Crippen molar-refractivity contribution in [2.45, 2.75) is 74.8 Å². The number of likely N-dealkylation sites (tertiary alicyclic amines) is 1. The third-order valence-electron chi connectivity index (χ3n) is 6.07. The molecule has 2 heterocycles. The molecule has 0 saturated carbocycles. The topological polar surface area (TPSA) is 32.7 Å². The van der Waals surface area contributed by atoms with E-state index in [0.717, 1.165) is 37.9 Å². The van der Waals surface area contributed by atoms with Crippen molar-refractivity contribution in [1.29, 1.82) is 0 Å². The fourth-order valence-electron chi connectivity index (χ4n) is 4.54. The molecule has 2 aromatic carbocycles. The van der Waals surface area contributed by atoms with Crippen molar-refractivity contribution >= 4 is 24.2 Å². The number of thioether (sulfide) groups is 1. The van der Waals surface area contributed by atoms with E-state index in [1.165, 1.54) is 21.6 Å². The Bertz CT molecular complexity index is 824. The number of aliphatic hydroxyl groups is 1. The van der Waals surface area contributed by atoms with Crippen LogP contribution in [0.4, 0.5) is 0 Å². The van der Waals surface area contributed by atoms with Gasteiger partial charge in [-0.3, -0.25) is 4.90 Å². The third kappa shape index (κ3) is 4.93. The molecule has 2 aromatic rings. The zero-order valence-corrected chi connectivity index (χ0v) is 19.2. The summed E-state index contributed by atoms with van der Waals surface area (Å²) in [5.41, 5.74) is 4.09. The smallest absolute Gasteiger partial charge is 0.153 e. The summed E-state index contributed by atoms with van der Waals surface area (Å²) in [7, 11) is 0. The molecule has 5 heteroatoms. The fraction of sp³-hybridized carbons (Fsp3) is 0.500. The van der Waals surface area contributed by atoms with E-state index in [-0.39, 0.29) is 24.1 Å². The number of hydrogen-bond acceptors (Lipinski definition) is 4. The number of hydrogen-bond donors (Lipinski definition) is 1. The minimum absolute atomic E-state index is 0. The number of rotatable bonds is 6. The Morgan fingerprint density at radius 3 is 2.52 bits per heavy atom. The van der Waals surface area contributed by atoms with E-state index in [1.807, 2.05) is 0 Å². The molecule has 0 spiro atoms. The summed E-state index contributed by atoms with van der Waals surface area (Å²) < 4.78 is 5.99. The molecule has 0 aliphatic carbocycles. The normalized spacial score (nSPS) is 22.8. The number of benzene rings is 2. The third-order valence-corrected chi connectivity index (χ3v) is 7.18. The molecular formula is C24H32ClNO2S. The van der Waals surface area contributed by atoms with Crippen molar-refractivity contribution in [3.05, 3.63) is 59.2 Å². The van der Waals surface area contributed by atoms with Crippen LogP contribution in [0.3, 0.4) is 0 Å². The van der Waals surface area contributed by atoms with E-state index in [0.29, 0.717) is 12.1 Å². The lowest BCUT2D eigenvalue weighted by Crippen LogP contribution is -2.32. The molecule has 2 aliphatic rings. The number of fused-ring (bicyclic) bond motifs is 1. The molecule has 1 N–H and O–H groups in total. The molecule has 0 bridgehead atoms. The van der Waals surface area contributed by atoms with Crippen molar-refractivity contribution in [3.8, 4) is 5.75 Å². The highest BCUT2D eigenvalue weighted by Gasteiger charge is 2.36. The van der Waals surface area contributed by atoms with Crippen LogP contribution in [0.1, 0.15) is 62.8 Å². The first kappa shape index (κ1) is 22.5. The average Bonchev–Trinajstić information content (AvgIpc) is 3.24. The summed E-state index contributed by atoms with van der Waals surface area (Å²) in [5.74, 6) is 0.986. The summed E-state index contributed by atoms with van der Waals surface area (Å²) in [6.07, 6.45) is 5.50. The molecule has 158 valence electrons. The van der Waals surface area contributed by atoms with Crippen molar-refractivity contribution in [3.63, 3.8) is 0 Å². The predicted octanol–water partition coefficient (Wildman–Crippen LogP) is 5.98. The quantitative estimate of drug-likeness (QED) is 0.607. The lowest BCUT2D eigenvalue weighted by molar-refractivity contribution is 0.0596. The van der Waals surface area contributed by atoms with Crippen molar-refractivity contribution < 1.29 is 9.84 Å². The number of nitrogens with zero attached hydrogens (tertiary/aromatic N) is 1. The first-order valence-electron chi connectivity index (χ1n) is 10.5. The van der Waals surface area contributed by atoms with Gasteiger partial charge in [0.05, 0.1) is 11.6 Å². The summed E-state index contributed by atoms with van der Waals surface area (Å²) >= 11 is 1.78. The molecule has 1 fully saturated rings. The van der Waals surface area contributed by atoms with Gasteiger partial charge in [0.15, 0.2) is 4.93 Å². The highest BCUT2D eigenvalue weighted by atomic mass is 35.5. The van der Waals surface area contributed by atoms with Gasteiger partial charge in [-0.15, -0.1) is 12.4 Å². The number of aliphatic hydroxyl groups excluding tert-OH is 1. The van der Waals surface area contributed by atoms with Crippen molar-refractivity contribution in [2.24, 2.45) is 0 Å². The van der Waals surface area contributed by atoms with E-state index in [2.05, 4.69) is 68.1 Å². The van der Waals surface area contributed by atoms with Gasteiger partial charge in [0.1, 0.15) is 5.75 Å². The molecule has 0 aromatic heterocycles. The van der Waals surface area contributed by atoms with E-state index in [9.17, 15) is 5.11 Å². The Labute approximate surface area is 185 Å². The van der Waals surface area contributed by atoms with Crippen LogP contribution in [0.15, 0.2) is 47.4 Å². The highest BCUT2D eigenvalue weighted by Crippen LogP contribution is 2.49. The number of aryl methyl sites for hydroxylation is 2. The van der Waals surface area contributed by atoms with Gasteiger partial charge in [-0.2, -0.15) is 0 Å². The molecule has 0 radical (unpaired) electrons. The summed E-state index contributed by atoms with van der Waals surface area (Å²) in [4.78, 5) is 3.32. The Morgan fingerprint density at radius 2 is 1.83 bits per heavy atom. The molecule has 2 aliphatic heterocycles. The second-order valence-corrected chi connectivity index (χ2v) is 10.0. The van der Waals surface area contributed by atoms with Crippen LogP contribution in [0, 0.1) is 0 Å². The summed E-state index contributed by atoms with van der Waals surface area (Å²) in [6, 6.07) is 16.3. The molecule has 3 nitrogen and oxygen atoms in total. The highest BCUT2D eigenvalue weighted by molar-refractivity contribution is 8.00. The van der Waals surface area contributed by atoms with Crippen LogP contribution in [-0.4, -0.2) is 27.7 Å². The predicted molar refractivity (Wildman–Crippen MR) is 123 cm³/mol. The Morgan fingerprint density at radius 1 is 1.10 bits per heavy atom. The molecule has 2 atom stereocenters. The lowest BCUT2D eigenvalue weighted by Gasteiger charge is -2.28. The van der Waals surface area contributed by atoms with Crippen LogP contribution >= 0.6 is 24.2 Å². The SMILES string of the molecule is CCc1ccc(CCC2CCC(c3ccc4c(c3)SC(C)(C)O4)N2CO)cc1.Cl. The van der Waals surface area contributed by atoms with Gasteiger partial charge >= 0.3 is 0 Å². The maximum Gasteiger partial charge on any atom is 0.153 e. The maximum atomic E-state index is 10.1. The van der Waals surface area contributed by atoms with Gasteiger partial charge in [0.25, 0.3) is 0 Å². The van der Waals surface area contributed by atoms with Gasteiger partial charge in [-0.25, -0.2) is 0 Å². The first-order valence-corrected chi connectivity index (χ1v) is 11.3. The van der Waals surface area contributed by atoms with Gasteiger partial charge in [0.2, 0.25) is 0 Å². The van der Waals surface area contributed by atoms with Gasteiger partial charge < -0.3 is 9.84 Å². The van der Waals surface area contributed by atoms with Crippen LogP contribution in [0.25, 0.3) is 0 Å². The molecule has 4 rings (SSSR count). The van der Waals surface area contributed by atoms with Crippen LogP contribution in [0.5, 0.6) is 5.75 Å². The average molecular weight is 434 g/mol. The monoisotopic (exact) mass is 433 g/mol. The molecule has 29 heavy (non-hydrogen) atoms. The molecular weight excluding hydrogens is 402 g/mol. The Hall–Kier alpha value is -1.20. The molecule has 1 saturated heterocycles. The molecule has 0 amide bonds. The Balaban J connectivity index is 0.00000240. The van der Waals surface area contributed by atoms with Crippen molar-refractivity contribution in [1.82, 2.24) is 4.90 Å². The zero-order chi connectivity index (χ0) is 19.7. The second-order valence-electron chi connectivity index (χ2n) is 8.42. The minimum atomic E-state index is -0.191. The van der Waals surface area contributed by atoms with Gasteiger partial charge in [0, 0.05) is 12.1 Å². The van der Waals surface area contributed by atoms with E-state index in [1.54, 1.807) is 11.8 Å². The van der Waals surface area contributed by atoms with Crippen LogP contribution in [0.2, 0.25) is 0 Å². The Kier molecular flexibility index (Phi) is 7.21. The lowest BCUT2D eigenvalue weighted by atomic mass is 10.0.